The molecule has 1 aliphatic rings. The Morgan fingerprint density at radius 1 is 1.50 bits per heavy atom. The van der Waals surface area contributed by atoms with Crippen LogP contribution in [0.5, 0.6) is 0 Å². The summed E-state index contributed by atoms with van der Waals surface area (Å²) in [5.74, 6) is -1.87. The average molecular weight is 143 g/mol. The lowest BCUT2D eigenvalue weighted by atomic mass is 10.1. The predicted octanol–water partition coefficient (Wildman–Crippen LogP) is 0.796. The summed E-state index contributed by atoms with van der Waals surface area (Å²) < 4.78 is 25.2. The van der Waals surface area contributed by atoms with Crippen LogP contribution in [0.15, 0.2) is 11.1 Å². The minimum Gasteiger partial charge on any atom is -0.386 e. The van der Waals surface area contributed by atoms with E-state index < -0.39 is 24.4 Å². The van der Waals surface area contributed by atoms with Crippen molar-refractivity contribution in [2.75, 3.05) is 0 Å². The van der Waals surface area contributed by atoms with Crippen LogP contribution in [0.4, 0.5) is 0 Å². The number of hydrogen-bond acceptors (Lipinski definition) is 3. The third kappa shape index (κ3) is 0.835. The van der Waals surface area contributed by atoms with E-state index in [-0.39, 0.29) is 12.0 Å². The van der Waals surface area contributed by atoms with Crippen LogP contribution in [-0.2, 0) is 14.3 Å². The van der Waals surface area contributed by atoms with E-state index in [1.54, 1.807) is 6.92 Å². The van der Waals surface area contributed by atoms with Crippen LogP contribution < -0.4 is 0 Å². The van der Waals surface area contributed by atoms with Gasteiger partial charge in [0, 0.05) is 15.3 Å². The second-order valence-electron chi connectivity index (χ2n) is 1.88. The van der Waals surface area contributed by atoms with Crippen molar-refractivity contribution in [3.05, 3.63) is 11.1 Å². The summed E-state index contributed by atoms with van der Waals surface area (Å²) >= 11 is 0. The molecule has 0 saturated heterocycles. The molecule has 1 heterocycles. The monoisotopic (exact) mass is 143 g/mol. The Morgan fingerprint density at radius 3 is 2.60 bits per heavy atom. The zero-order valence-corrected chi connectivity index (χ0v) is 5.43. The molecule has 0 aliphatic carbocycles. The molecule has 0 aromatic carbocycles. The quantitative estimate of drug-likeness (QED) is 0.402. The number of carbonyl (C=O) groups is 2. The number of carbonyl (C=O) groups excluding carboxylic acids is 2. The molecule has 10 heavy (non-hydrogen) atoms. The first-order chi connectivity index (χ1) is 5.88. The summed E-state index contributed by atoms with van der Waals surface area (Å²) in [6.07, 6.45) is 0.193. The van der Waals surface area contributed by atoms with Crippen molar-refractivity contribution in [1.29, 1.82) is 0 Å². The van der Waals surface area contributed by atoms with Gasteiger partial charge in [-0.25, -0.2) is 9.59 Å². The number of ether oxygens (including phenoxy) is 1. The highest BCUT2D eigenvalue weighted by molar-refractivity contribution is 6.11. The summed E-state index contributed by atoms with van der Waals surface area (Å²) in [5, 5.41) is 0. The Hall–Kier alpha value is -1.12. The van der Waals surface area contributed by atoms with Crippen molar-refractivity contribution in [3.8, 4) is 0 Å². The van der Waals surface area contributed by atoms with Crippen LogP contribution in [0.3, 0.4) is 0 Å². The third-order valence-electron chi connectivity index (χ3n) is 1.29. The van der Waals surface area contributed by atoms with E-state index in [0.29, 0.717) is 0 Å². The Balaban J connectivity index is 3.22. The topological polar surface area (TPSA) is 43.4 Å². The smallest absolute Gasteiger partial charge is 0.342 e. The van der Waals surface area contributed by atoms with Gasteiger partial charge in [0.1, 0.15) is 0 Å². The fraction of sp³-hybridized carbons (Fsp3) is 0.429. The summed E-state index contributed by atoms with van der Waals surface area (Å²) in [7, 11) is 0. The first-order valence-electron chi connectivity index (χ1n) is 4.38. The molecule has 54 valence electrons. The average Bonchev–Trinajstić information content (AvgIpc) is 2.23. The van der Waals surface area contributed by atoms with Crippen molar-refractivity contribution >= 4 is 11.9 Å². The van der Waals surface area contributed by atoms with Crippen LogP contribution in [0, 0.1) is 0 Å². The predicted molar refractivity (Wildman–Crippen MR) is 34.1 cm³/mol. The van der Waals surface area contributed by atoms with E-state index >= 15 is 0 Å². The standard InChI is InChI=1S/C7H8O3/c1-3-5-4(2)6(8)10-7(5)9/h3H2,1-2H3/i2D3. The van der Waals surface area contributed by atoms with Crippen LogP contribution in [0.2, 0.25) is 0 Å². The summed E-state index contributed by atoms with van der Waals surface area (Å²) in [4.78, 5) is 21.9. The zero-order valence-electron chi connectivity index (χ0n) is 8.43. The fourth-order valence-corrected chi connectivity index (χ4v) is 0.743. The van der Waals surface area contributed by atoms with Crippen molar-refractivity contribution in [2.45, 2.75) is 20.2 Å². The normalized spacial score (nSPS) is 23.9. The summed E-state index contributed by atoms with van der Waals surface area (Å²) in [6, 6.07) is 0. The van der Waals surface area contributed by atoms with E-state index in [2.05, 4.69) is 4.74 Å². The number of rotatable bonds is 1. The number of esters is 2. The Morgan fingerprint density at radius 2 is 2.20 bits per heavy atom. The van der Waals surface area contributed by atoms with Gasteiger partial charge in [-0.2, -0.15) is 0 Å². The Bertz CT molecular complexity index is 301. The molecule has 0 bridgehead atoms. The number of cyclic esters (lactones) is 2. The summed E-state index contributed by atoms with van der Waals surface area (Å²) in [5.41, 5.74) is -0.509. The van der Waals surface area contributed by atoms with Crippen LogP contribution in [0.1, 0.15) is 24.3 Å². The molecule has 3 nitrogen and oxygen atoms in total. The molecular weight excluding hydrogens is 132 g/mol. The maximum Gasteiger partial charge on any atom is 0.342 e. The lowest BCUT2D eigenvalue weighted by Crippen LogP contribution is -2.01. The van der Waals surface area contributed by atoms with Crippen LogP contribution in [0.25, 0.3) is 0 Å². The van der Waals surface area contributed by atoms with Gasteiger partial charge >= 0.3 is 11.9 Å². The molecule has 0 saturated carbocycles. The third-order valence-corrected chi connectivity index (χ3v) is 1.29. The molecule has 0 N–H and O–H groups in total. The Kier molecular flexibility index (Phi) is 0.878. The Labute approximate surface area is 62.9 Å². The molecule has 1 rings (SSSR count). The molecule has 0 amide bonds. The zero-order chi connectivity index (χ0) is 10.2. The molecule has 0 atom stereocenters. The highest BCUT2D eigenvalue weighted by Crippen LogP contribution is 2.18. The van der Waals surface area contributed by atoms with Crippen molar-refractivity contribution in [2.24, 2.45) is 0 Å². The van der Waals surface area contributed by atoms with E-state index in [0.717, 1.165) is 0 Å². The highest BCUT2D eigenvalue weighted by Gasteiger charge is 2.27. The second kappa shape index (κ2) is 2.25. The summed E-state index contributed by atoms with van der Waals surface area (Å²) in [6.45, 7) is -0.963. The van der Waals surface area contributed by atoms with Gasteiger partial charge in [0.15, 0.2) is 0 Å². The van der Waals surface area contributed by atoms with Crippen molar-refractivity contribution < 1.29 is 18.4 Å². The minimum atomic E-state index is -2.56. The maximum absolute atomic E-state index is 10.9. The first-order valence-corrected chi connectivity index (χ1v) is 2.88. The van der Waals surface area contributed by atoms with Gasteiger partial charge in [-0.05, 0) is 13.3 Å². The lowest BCUT2D eigenvalue weighted by Gasteiger charge is -1.88. The van der Waals surface area contributed by atoms with Gasteiger partial charge in [0.25, 0.3) is 0 Å². The van der Waals surface area contributed by atoms with Crippen LogP contribution in [-0.4, -0.2) is 11.9 Å². The van der Waals surface area contributed by atoms with Gasteiger partial charge in [-0.1, -0.05) is 6.92 Å². The molecule has 0 fully saturated rings. The largest absolute Gasteiger partial charge is 0.386 e. The van der Waals surface area contributed by atoms with Gasteiger partial charge in [-0.15, -0.1) is 0 Å². The van der Waals surface area contributed by atoms with E-state index in [4.69, 9.17) is 4.11 Å². The van der Waals surface area contributed by atoms with Crippen LogP contribution >= 0.6 is 0 Å². The van der Waals surface area contributed by atoms with E-state index in [1.807, 2.05) is 0 Å². The molecule has 0 unspecified atom stereocenters. The van der Waals surface area contributed by atoms with Gasteiger partial charge < -0.3 is 4.74 Å². The van der Waals surface area contributed by atoms with Crippen molar-refractivity contribution in [3.63, 3.8) is 0 Å². The first kappa shape index (κ1) is 3.91. The molecule has 0 aromatic rings. The SMILES string of the molecule is [2H]C([2H])([2H])C1=C(CC)C(=O)OC1=O. The van der Waals surface area contributed by atoms with E-state index in [9.17, 15) is 9.59 Å². The molecule has 0 spiro atoms. The minimum absolute atomic E-state index is 0.0370. The lowest BCUT2D eigenvalue weighted by molar-refractivity contribution is -0.151. The second-order valence-corrected chi connectivity index (χ2v) is 1.88. The number of hydrogen-bond donors (Lipinski definition) is 0. The molecule has 1 aliphatic heterocycles. The van der Waals surface area contributed by atoms with E-state index in [1.165, 1.54) is 0 Å². The molecule has 0 radical (unpaired) electrons. The molecule has 0 aromatic heterocycles. The van der Waals surface area contributed by atoms with Gasteiger partial charge in [0.05, 0.1) is 0 Å². The fourth-order valence-electron chi connectivity index (χ4n) is 0.743. The van der Waals surface area contributed by atoms with Gasteiger partial charge in [0.2, 0.25) is 0 Å². The van der Waals surface area contributed by atoms with Gasteiger partial charge in [-0.3, -0.25) is 0 Å². The molecule has 3 heteroatoms. The van der Waals surface area contributed by atoms with Crippen molar-refractivity contribution in [1.82, 2.24) is 0 Å². The highest BCUT2D eigenvalue weighted by atomic mass is 16.6. The molecular formula is C7H8O3. The maximum atomic E-state index is 10.9.